The Balaban J connectivity index is 0. The second-order valence-electron chi connectivity index (χ2n) is 13.3. The van der Waals surface area contributed by atoms with Crippen molar-refractivity contribution >= 4 is 11.9 Å². The Bertz CT molecular complexity index is 565. The summed E-state index contributed by atoms with van der Waals surface area (Å²) >= 11 is 0. The quantitative estimate of drug-likeness (QED) is 0.0423. The molecular weight excluding hydrogens is 558 g/mol. The summed E-state index contributed by atoms with van der Waals surface area (Å²) < 4.78 is 10.7. The molecule has 5 nitrogen and oxygen atoms in total. The lowest BCUT2D eigenvalue weighted by Gasteiger charge is -2.35. The van der Waals surface area contributed by atoms with E-state index >= 15 is 0 Å². The van der Waals surface area contributed by atoms with E-state index in [9.17, 15) is 9.59 Å². The highest BCUT2D eigenvalue weighted by molar-refractivity contribution is 5.69. The molecule has 0 rings (SSSR count). The summed E-state index contributed by atoms with van der Waals surface area (Å²) in [6.07, 6.45) is 35.5. The van der Waals surface area contributed by atoms with E-state index in [0.29, 0.717) is 12.8 Å². The Labute approximate surface area is 275 Å². The standard InChI is InChI=1S/C37H74NO4.ClH/c1-5-6-7-8-9-10-13-18-23-28-33-38(2,34-29-24-19-14-11-16-21-26-31-36(39)41-3)35-30-25-20-15-12-17-22-27-32-37(40)42-4;/h5-35H2,1-4H3;1H/q+1;/p-1. The van der Waals surface area contributed by atoms with Crippen molar-refractivity contribution in [2.24, 2.45) is 0 Å². The summed E-state index contributed by atoms with van der Waals surface area (Å²) in [5, 5.41) is 0. The van der Waals surface area contributed by atoms with Gasteiger partial charge in [-0.1, -0.05) is 122 Å². The van der Waals surface area contributed by atoms with Gasteiger partial charge in [0.2, 0.25) is 0 Å². The van der Waals surface area contributed by atoms with Crippen molar-refractivity contribution in [2.75, 3.05) is 40.9 Å². The van der Waals surface area contributed by atoms with Crippen molar-refractivity contribution in [3.63, 3.8) is 0 Å². The Kier molecular flexibility index (Phi) is 35.1. The minimum absolute atomic E-state index is 0. The fourth-order valence-corrected chi connectivity index (χ4v) is 6.17. The number of esters is 2. The molecule has 0 atom stereocenters. The summed E-state index contributed by atoms with van der Waals surface area (Å²) in [5.74, 6) is -0.142. The van der Waals surface area contributed by atoms with Crippen LogP contribution in [-0.2, 0) is 19.1 Å². The smallest absolute Gasteiger partial charge is 0.305 e. The summed E-state index contributed by atoms with van der Waals surface area (Å²) in [5.41, 5.74) is 0. The molecule has 0 N–H and O–H groups in total. The van der Waals surface area contributed by atoms with Gasteiger partial charge in [0, 0.05) is 12.8 Å². The molecule has 0 spiro atoms. The number of ether oxygens (including phenoxy) is 2. The molecular formula is C37H74ClNO4. The summed E-state index contributed by atoms with van der Waals surface area (Å²) in [7, 11) is 5.49. The summed E-state index contributed by atoms with van der Waals surface area (Å²) in [6.45, 7) is 6.34. The number of rotatable bonds is 33. The first-order valence-corrected chi connectivity index (χ1v) is 18.4. The average Bonchev–Trinajstić information content (AvgIpc) is 2.99. The van der Waals surface area contributed by atoms with Crippen LogP contribution in [0, 0.1) is 0 Å². The molecule has 0 saturated carbocycles. The molecule has 0 amide bonds. The third-order valence-corrected chi connectivity index (χ3v) is 9.16. The second kappa shape index (κ2) is 34.1. The Morgan fingerprint density at radius 1 is 0.419 bits per heavy atom. The number of nitrogens with zero attached hydrogens (tertiary/aromatic N) is 1. The fourth-order valence-electron chi connectivity index (χ4n) is 6.17. The third-order valence-electron chi connectivity index (χ3n) is 9.16. The first-order chi connectivity index (χ1) is 20.5. The van der Waals surface area contributed by atoms with Gasteiger partial charge >= 0.3 is 11.9 Å². The predicted octanol–water partition coefficient (Wildman–Crippen LogP) is 7.73. The van der Waals surface area contributed by atoms with Crippen molar-refractivity contribution in [2.45, 2.75) is 187 Å². The molecule has 0 aromatic heterocycles. The molecule has 0 saturated heterocycles. The normalized spacial score (nSPS) is 11.3. The number of methoxy groups -OCH3 is 2. The molecule has 0 unspecified atom stereocenters. The molecule has 43 heavy (non-hydrogen) atoms. The summed E-state index contributed by atoms with van der Waals surface area (Å²) in [4.78, 5) is 22.4. The van der Waals surface area contributed by atoms with Crippen LogP contribution in [0.25, 0.3) is 0 Å². The number of halogens is 1. The monoisotopic (exact) mass is 632 g/mol. The van der Waals surface area contributed by atoms with Gasteiger partial charge in [-0.3, -0.25) is 9.59 Å². The van der Waals surface area contributed by atoms with Gasteiger partial charge in [-0.05, 0) is 51.4 Å². The van der Waals surface area contributed by atoms with Crippen molar-refractivity contribution < 1.29 is 36.0 Å². The minimum Gasteiger partial charge on any atom is -1.00 e. The van der Waals surface area contributed by atoms with E-state index in [1.54, 1.807) is 0 Å². The van der Waals surface area contributed by atoms with Gasteiger partial charge in [0.1, 0.15) is 0 Å². The van der Waals surface area contributed by atoms with Crippen LogP contribution in [0.5, 0.6) is 0 Å². The van der Waals surface area contributed by atoms with Crippen LogP contribution in [0.15, 0.2) is 0 Å². The Hall–Kier alpha value is -0.810. The van der Waals surface area contributed by atoms with Gasteiger partial charge in [0.15, 0.2) is 0 Å². The minimum atomic E-state index is -0.0712. The van der Waals surface area contributed by atoms with Gasteiger partial charge in [-0.2, -0.15) is 0 Å². The van der Waals surface area contributed by atoms with E-state index < -0.39 is 0 Å². The van der Waals surface area contributed by atoms with Gasteiger partial charge in [-0.15, -0.1) is 0 Å². The lowest BCUT2D eigenvalue weighted by molar-refractivity contribution is -0.910. The lowest BCUT2D eigenvalue weighted by atomic mass is 10.0. The zero-order chi connectivity index (χ0) is 31.0. The molecule has 0 aliphatic carbocycles. The van der Waals surface area contributed by atoms with Crippen LogP contribution in [-0.4, -0.2) is 57.3 Å². The van der Waals surface area contributed by atoms with E-state index in [2.05, 4.69) is 14.0 Å². The van der Waals surface area contributed by atoms with E-state index in [-0.39, 0.29) is 24.3 Å². The lowest BCUT2D eigenvalue weighted by Crippen LogP contribution is -3.00. The average molecular weight is 632 g/mol. The van der Waals surface area contributed by atoms with Crippen LogP contribution >= 0.6 is 0 Å². The molecule has 0 aromatic carbocycles. The number of hydrogen-bond acceptors (Lipinski definition) is 4. The first-order valence-electron chi connectivity index (χ1n) is 18.4. The van der Waals surface area contributed by atoms with Crippen molar-refractivity contribution in [1.29, 1.82) is 0 Å². The van der Waals surface area contributed by atoms with Crippen LogP contribution in [0.3, 0.4) is 0 Å². The zero-order valence-corrected chi connectivity index (χ0v) is 30.1. The number of carbonyl (C=O) groups excluding carboxylic acids is 2. The summed E-state index contributed by atoms with van der Waals surface area (Å²) in [6, 6.07) is 0. The zero-order valence-electron chi connectivity index (χ0n) is 29.4. The molecule has 0 aromatic rings. The van der Waals surface area contributed by atoms with Gasteiger partial charge in [0.25, 0.3) is 0 Å². The highest BCUT2D eigenvalue weighted by Gasteiger charge is 2.20. The number of unbranched alkanes of at least 4 members (excludes halogenated alkanes) is 23. The van der Waals surface area contributed by atoms with E-state index in [4.69, 9.17) is 9.47 Å². The van der Waals surface area contributed by atoms with Crippen LogP contribution < -0.4 is 12.4 Å². The predicted molar refractivity (Wildman–Crippen MR) is 180 cm³/mol. The van der Waals surface area contributed by atoms with Gasteiger partial charge in [-0.25, -0.2) is 0 Å². The van der Waals surface area contributed by atoms with Gasteiger partial charge in [0.05, 0.1) is 40.9 Å². The third kappa shape index (κ3) is 32.4. The molecule has 0 heterocycles. The molecule has 6 heteroatoms. The Morgan fingerprint density at radius 3 is 0.907 bits per heavy atom. The number of quaternary nitrogens is 1. The van der Waals surface area contributed by atoms with Crippen LogP contribution in [0.4, 0.5) is 0 Å². The molecule has 258 valence electrons. The SMILES string of the molecule is CCCCCCCCCCCC[N+](C)(CCCCCCCCCCC(=O)OC)CCCCCCCCCCC(=O)OC.[Cl-]. The first kappa shape index (κ1) is 44.3. The molecule has 0 fully saturated rings. The maximum Gasteiger partial charge on any atom is 0.305 e. The molecule has 0 radical (unpaired) electrons. The molecule has 0 bridgehead atoms. The van der Waals surface area contributed by atoms with E-state index in [1.807, 2.05) is 0 Å². The highest BCUT2D eigenvalue weighted by atomic mass is 35.5. The molecule has 0 aliphatic rings. The van der Waals surface area contributed by atoms with Crippen molar-refractivity contribution in [3.05, 3.63) is 0 Å². The number of hydrogen-bond donors (Lipinski definition) is 0. The topological polar surface area (TPSA) is 52.6 Å². The van der Waals surface area contributed by atoms with E-state index in [0.717, 1.165) is 25.7 Å². The highest BCUT2D eigenvalue weighted by Crippen LogP contribution is 2.18. The fraction of sp³-hybridized carbons (Fsp3) is 0.946. The van der Waals surface area contributed by atoms with E-state index in [1.165, 1.54) is 180 Å². The maximum absolute atomic E-state index is 11.2. The van der Waals surface area contributed by atoms with Gasteiger partial charge < -0.3 is 26.4 Å². The molecule has 0 aliphatic heterocycles. The van der Waals surface area contributed by atoms with Crippen LogP contribution in [0.2, 0.25) is 0 Å². The largest absolute Gasteiger partial charge is 1.00 e. The number of carbonyl (C=O) groups is 2. The maximum atomic E-state index is 11.2. The second-order valence-corrected chi connectivity index (χ2v) is 13.3. The van der Waals surface area contributed by atoms with Crippen LogP contribution in [0.1, 0.15) is 187 Å². The Morgan fingerprint density at radius 2 is 0.651 bits per heavy atom. The van der Waals surface area contributed by atoms with Crippen molar-refractivity contribution in [1.82, 2.24) is 0 Å². The van der Waals surface area contributed by atoms with Crippen molar-refractivity contribution in [3.8, 4) is 0 Å².